The first-order valence-corrected chi connectivity index (χ1v) is 8.41. The first kappa shape index (κ1) is 19.3. The van der Waals surface area contributed by atoms with E-state index in [1.807, 2.05) is 23.0 Å². The minimum atomic E-state index is 0. The Bertz CT molecular complexity index is 745. The number of para-hydroxylation sites is 1. The quantitative estimate of drug-likeness (QED) is 0.223. The minimum Gasteiger partial charge on any atom is -0.357 e. The third kappa shape index (κ3) is 5.77. The second-order valence-electron chi connectivity index (χ2n) is 5.63. The fraction of sp³-hybridized carbons (Fsp3) is 0.333. The molecule has 3 aromatic rings. The van der Waals surface area contributed by atoms with Crippen molar-refractivity contribution in [1.82, 2.24) is 25.4 Å². The molecule has 0 spiro atoms. The van der Waals surface area contributed by atoms with E-state index in [0.29, 0.717) is 6.54 Å². The van der Waals surface area contributed by atoms with Gasteiger partial charge in [-0.05, 0) is 36.9 Å². The van der Waals surface area contributed by atoms with Crippen molar-refractivity contribution in [1.29, 1.82) is 0 Å². The Balaban J connectivity index is 0.00000225. The SMILES string of the molecule is CCNC(=NCc1cc2ccccc2[nH]1)NCCCn1cccn1.I. The van der Waals surface area contributed by atoms with Gasteiger partial charge in [0, 0.05) is 43.2 Å². The monoisotopic (exact) mass is 452 g/mol. The van der Waals surface area contributed by atoms with Gasteiger partial charge in [-0.25, -0.2) is 4.99 Å². The molecule has 3 rings (SSSR count). The summed E-state index contributed by atoms with van der Waals surface area (Å²) in [5.41, 5.74) is 2.27. The van der Waals surface area contributed by atoms with Crippen molar-refractivity contribution >= 4 is 40.8 Å². The number of hydrogen-bond donors (Lipinski definition) is 3. The summed E-state index contributed by atoms with van der Waals surface area (Å²) in [6.45, 7) is 5.31. The highest BCUT2D eigenvalue weighted by Gasteiger charge is 2.01. The van der Waals surface area contributed by atoms with Gasteiger partial charge in [0.2, 0.25) is 0 Å². The van der Waals surface area contributed by atoms with Gasteiger partial charge in [-0.2, -0.15) is 5.10 Å². The number of nitrogens with zero attached hydrogens (tertiary/aromatic N) is 3. The zero-order chi connectivity index (χ0) is 16.6. The van der Waals surface area contributed by atoms with Crippen molar-refractivity contribution in [2.24, 2.45) is 4.99 Å². The molecule has 0 amide bonds. The maximum absolute atomic E-state index is 4.65. The van der Waals surface area contributed by atoms with Crippen LogP contribution in [0.3, 0.4) is 0 Å². The Hall–Kier alpha value is -2.03. The smallest absolute Gasteiger partial charge is 0.191 e. The number of rotatable bonds is 7. The standard InChI is InChI=1S/C18H24N6.HI/c1-2-19-18(20-9-5-11-24-12-6-10-22-24)21-14-16-13-15-7-3-4-8-17(15)23-16;/h3-4,6-8,10,12-13,23H,2,5,9,11,14H2,1H3,(H2,19,20,21);1H. The van der Waals surface area contributed by atoms with Crippen molar-refractivity contribution < 1.29 is 0 Å². The van der Waals surface area contributed by atoms with Crippen LogP contribution in [0, 0.1) is 0 Å². The summed E-state index contributed by atoms with van der Waals surface area (Å²) < 4.78 is 1.94. The number of nitrogens with one attached hydrogen (secondary N) is 3. The van der Waals surface area contributed by atoms with Gasteiger partial charge in [0.1, 0.15) is 0 Å². The van der Waals surface area contributed by atoms with E-state index in [-0.39, 0.29) is 24.0 Å². The molecule has 3 N–H and O–H groups in total. The van der Waals surface area contributed by atoms with Crippen LogP contribution < -0.4 is 10.6 Å². The van der Waals surface area contributed by atoms with E-state index in [4.69, 9.17) is 0 Å². The summed E-state index contributed by atoms with van der Waals surface area (Å²) >= 11 is 0. The van der Waals surface area contributed by atoms with Gasteiger partial charge < -0.3 is 15.6 Å². The van der Waals surface area contributed by atoms with Crippen LogP contribution in [0.4, 0.5) is 0 Å². The normalized spacial score (nSPS) is 11.3. The van der Waals surface area contributed by atoms with E-state index in [0.717, 1.165) is 43.2 Å². The highest BCUT2D eigenvalue weighted by atomic mass is 127. The number of benzene rings is 1. The zero-order valence-corrected chi connectivity index (χ0v) is 16.7. The maximum Gasteiger partial charge on any atom is 0.191 e. The molecule has 0 aliphatic rings. The first-order chi connectivity index (χ1) is 11.8. The lowest BCUT2D eigenvalue weighted by Crippen LogP contribution is -2.38. The second-order valence-corrected chi connectivity index (χ2v) is 5.63. The molecule has 2 aromatic heterocycles. The topological polar surface area (TPSA) is 70.0 Å². The number of aromatic nitrogens is 3. The molecule has 2 heterocycles. The summed E-state index contributed by atoms with van der Waals surface area (Å²) in [7, 11) is 0. The van der Waals surface area contributed by atoms with Crippen LogP contribution in [0.15, 0.2) is 53.8 Å². The summed E-state index contributed by atoms with van der Waals surface area (Å²) in [5.74, 6) is 0.844. The molecule has 1 aromatic carbocycles. The van der Waals surface area contributed by atoms with Crippen molar-refractivity contribution in [3.05, 3.63) is 54.5 Å². The highest BCUT2D eigenvalue weighted by molar-refractivity contribution is 14.0. The van der Waals surface area contributed by atoms with Crippen molar-refractivity contribution in [3.8, 4) is 0 Å². The molecule has 0 fully saturated rings. The molecule has 0 bridgehead atoms. The number of fused-ring (bicyclic) bond motifs is 1. The lowest BCUT2D eigenvalue weighted by atomic mass is 10.2. The third-order valence-electron chi connectivity index (χ3n) is 3.75. The Morgan fingerprint density at radius 1 is 1.24 bits per heavy atom. The lowest BCUT2D eigenvalue weighted by molar-refractivity contribution is 0.570. The minimum absolute atomic E-state index is 0. The number of aromatic amines is 1. The first-order valence-electron chi connectivity index (χ1n) is 8.41. The average Bonchev–Trinajstić information content (AvgIpc) is 3.25. The summed E-state index contributed by atoms with van der Waals surface area (Å²) in [6, 6.07) is 12.4. The van der Waals surface area contributed by atoms with Gasteiger partial charge in [0.25, 0.3) is 0 Å². The molecule has 0 atom stereocenters. The van der Waals surface area contributed by atoms with Crippen LogP contribution in [-0.4, -0.2) is 33.8 Å². The summed E-state index contributed by atoms with van der Waals surface area (Å²) in [5, 5.41) is 12.1. The van der Waals surface area contributed by atoms with E-state index < -0.39 is 0 Å². The van der Waals surface area contributed by atoms with E-state index in [1.54, 1.807) is 6.20 Å². The number of guanidine groups is 1. The van der Waals surface area contributed by atoms with E-state index in [1.165, 1.54) is 5.39 Å². The molecule has 0 unspecified atom stereocenters. The molecular formula is C18H25IN6. The Morgan fingerprint density at radius 3 is 2.88 bits per heavy atom. The highest BCUT2D eigenvalue weighted by Crippen LogP contribution is 2.14. The summed E-state index contributed by atoms with van der Waals surface area (Å²) in [4.78, 5) is 8.06. The van der Waals surface area contributed by atoms with Gasteiger partial charge >= 0.3 is 0 Å². The zero-order valence-electron chi connectivity index (χ0n) is 14.4. The number of aryl methyl sites for hydroxylation is 1. The number of halogens is 1. The fourth-order valence-corrected chi connectivity index (χ4v) is 2.61. The fourth-order valence-electron chi connectivity index (χ4n) is 2.61. The predicted octanol–water partition coefficient (Wildman–Crippen LogP) is 3.13. The van der Waals surface area contributed by atoms with E-state index >= 15 is 0 Å². The molecule has 7 heteroatoms. The Kier molecular flexibility index (Phi) is 7.77. The van der Waals surface area contributed by atoms with Gasteiger partial charge in [-0.1, -0.05) is 18.2 Å². The van der Waals surface area contributed by atoms with Gasteiger partial charge in [-0.3, -0.25) is 4.68 Å². The van der Waals surface area contributed by atoms with Crippen LogP contribution in [0.2, 0.25) is 0 Å². The molecule has 0 aliphatic heterocycles. The Labute approximate surface area is 165 Å². The van der Waals surface area contributed by atoms with Crippen LogP contribution >= 0.6 is 24.0 Å². The van der Waals surface area contributed by atoms with E-state index in [9.17, 15) is 0 Å². The molecule has 0 aliphatic carbocycles. The molecule has 6 nitrogen and oxygen atoms in total. The maximum atomic E-state index is 4.65. The van der Waals surface area contributed by atoms with Crippen LogP contribution in [-0.2, 0) is 13.1 Å². The summed E-state index contributed by atoms with van der Waals surface area (Å²) in [6.07, 6.45) is 4.78. The largest absolute Gasteiger partial charge is 0.357 e. The molecule has 25 heavy (non-hydrogen) atoms. The molecule has 134 valence electrons. The predicted molar refractivity (Wildman–Crippen MR) is 113 cm³/mol. The Morgan fingerprint density at radius 2 is 2.12 bits per heavy atom. The van der Waals surface area contributed by atoms with Crippen LogP contribution in [0.25, 0.3) is 10.9 Å². The third-order valence-corrected chi connectivity index (χ3v) is 3.75. The van der Waals surface area contributed by atoms with Crippen molar-refractivity contribution in [3.63, 3.8) is 0 Å². The van der Waals surface area contributed by atoms with Gasteiger partial charge in [0.15, 0.2) is 5.96 Å². The van der Waals surface area contributed by atoms with Crippen LogP contribution in [0.1, 0.15) is 19.0 Å². The molecular weight excluding hydrogens is 427 g/mol. The van der Waals surface area contributed by atoms with Gasteiger partial charge in [0.05, 0.1) is 6.54 Å². The molecule has 0 saturated carbocycles. The van der Waals surface area contributed by atoms with Crippen LogP contribution in [0.5, 0.6) is 0 Å². The molecule has 0 radical (unpaired) electrons. The van der Waals surface area contributed by atoms with E-state index in [2.05, 4.69) is 56.9 Å². The van der Waals surface area contributed by atoms with Gasteiger partial charge in [-0.15, -0.1) is 24.0 Å². The lowest BCUT2D eigenvalue weighted by Gasteiger charge is -2.11. The molecule has 0 saturated heterocycles. The second kappa shape index (κ2) is 10.1. The van der Waals surface area contributed by atoms with Crippen molar-refractivity contribution in [2.75, 3.05) is 13.1 Å². The number of hydrogen-bond acceptors (Lipinski definition) is 2. The average molecular weight is 452 g/mol. The number of H-pyrrole nitrogens is 1. The van der Waals surface area contributed by atoms with Crippen molar-refractivity contribution in [2.45, 2.75) is 26.4 Å². The number of aliphatic imine (C=N–C) groups is 1.